The molecule has 2 rings (SSSR count). The Morgan fingerprint density at radius 2 is 2.23 bits per heavy atom. The van der Waals surface area contributed by atoms with E-state index >= 15 is 0 Å². The van der Waals surface area contributed by atoms with Crippen LogP contribution in [0.4, 0.5) is 0 Å². The second kappa shape index (κ2) is 2.96. The van der Waals surface area contributed by atoms with Gasteiger partial charge in [-0.3, -0.25) is 4.79 Å². The zero-order valence-electron chi connectivity index (χ0n) is 6.62. The Labute approximate surface area is 83.2 Å². The first-order chi connectivity index (χ1) is 6.22. The fraction of sp³-hybridized carbons (Fsp3) is 0.111. The van der Waals surface area contributed by atoms with Crippen LogP contribution in [0.3, 0.4) is 0 Å². The standard InChI is InChI=1S/C9H6BrNO2/c10-6-1-2-7-5(3-6)4-8(11-13)9(7)12/h1-3,13H,4H2/b11-8-. The summed E-state index contributed by atoms with van der Waals surface area (Å²) in [6, 6.07) is 5.41. The molecule has 0 radical (unpaired) electrons. The van der Waals surface area contributed by atoms with Crippen LogP contribution in [0, 0.1) is 0 Å². The van der Waals surface area contributed by atoms with Crippen LogP contribution < -0.4 is 0 Å². The summed E-state index contributed by atoms with van der Waals surface area (Å²) in [6.07, 6.45) is 0.421. The summed E-state index contributed by atoms with van der Waals surface area (Å²) >= 11 is 3.31. The average molecular weight is 240 g/mol. The Balaban J connectivity index is 2.56. The lowest BCUT2D eigenvalue weighted by Crippen LogP contribution is -2.06. The number of carbonyl (C=O) groups excluding carboxylic acids is 1. The maximum Gasteiger partial charge on any atom is 0.211 e. The van der Waals surface area contributed by atoms with E-state index in [0.717, 1.165) is 10.0 Å². The molecule has 0 saturated heterocycles. The van der Waals surface area contributed by atoms with Gasteiger partial charge in [0, 0.05) is 16.5 Å². The van der Waals surface area contributed by atoms with Crippen LogP contribution in [-0.4, -0.2) is 16.7 Å². The number of halogens is 1. The van der Waals surface area contributed by atoms with Crippen molar-refractivity contribution in [3.63, 3.8) is 0 Å². The normalized spacial score (nSPS) is 17.9. The van der Waals surface area contributed by atoms with Crippen molar-refractivity contribution in [3.05, 3.63) is 33.8 Å². The third kappa shape index (κ3) is 1.27. The van der Waals surface area contributed by atoms with Gasteiger partial charge in [0.25, 0.3) is 0 Å². The van der Waals surface area contributed by atoms with Gasteiger partial charge in [-0.05, 0) is 23.8 Å². The molecular weight excluding hydrogens is 234 g/mol. The molecular formula is C9H6BrNO2. The molecule has 1 aliphatic rings. The molecule has 1 aliphatic carbocycles. The van der Waals surface area contributed by atoms with Crippen molar-refractivity contribution in [2.75, 3.05) is 0 Å². The molecule has 0 aromatic heterocycles. The lowest BCUT2D eigenvalue weighted by atomic mass is 10.1. The van der Waals surface area contributed by atoms with E-state index in [9.17, 15) is 4.79 Å². The molecule has 0 aliphatic heterocycles. The minimum atomic E-state index is -0.176. The summed E-state index contributed by atoms with van der Waals surface area (Å²) in [5.74, 6) is -0.176. The van der Waals surface area contributed by atoms with E-state index in [1.54, 1.807) is 12.1 Å². The fourth-order valence-electron chi connectivity index (χ4n) is 1.43. The molecule has 0 unspecified atom stereocenters. The summed E-state index contributed by atoms with van der Waals surface area (Å²) in [6.45, 7) is 0. The monoisotopic (exact) mass is 239 g/mol. The van der Waals surface area contributed by atoms with E-state index in [-0.39, 0.29) is 11.5 Å². The van der Waals surface area contributed by atoms with Crippen molar-refractivity contribution < 1.29 is 10.0 Å². The first-order valence-electron chi connectivity index (χ1n) is 3.76. The minimum absolute atomic E-state index is 0.176. The number of nitrogens with zero attached hydrogens (tertiary/aromatic N) is 1. The molecule has 0 fully saturated rings. The van der Waals surface area contributed by atoms with Crippen molar-refractivity contribution in [2.45, 2.75) is 6.42 Å². The molecule has 0 bridgehead atoms. The van der Waals surface area contributed by atoms with E-state index in [4.69, 9.17) is 5.21 Å². The van der Waals surface area contributed by atoms with E-state index in [0.29, 0.717) is 12.0 Å². The van der Waals surface area contributed by atoms with Crippen LogP contribution in [0.1, 0.15) is 15.9 Å². The summed E-state index contributed by atoms with van der Waals surface area (Å²) in [4.78, 5) is 11.4. The highest BCUT2D eigenvalue weighted by Gasteiger charge is 2.26. The largest absolute Gasteiger partial charge is 0.411 e. The Morgan fingerprint density at radius 1 is 1.46 bits per heavy atom. The molecule has 1 aromatic carbocycles. The second-order valence-electron chi connectivity index (χ2n) is 2.85. The zero-order chi connectivity index (χ0) is 9.42. The summed E-state index contributed by atoms with van der Waals surface area (Å²) < 4.78 is 0.929. The Hall–Kier alpha value is -1.16. The van der Waals surface area contributed by atoms with Crippen LogP contribution in [0.5, 0.6) is 0 Å². The molecule has 0 heterocycles. The minimum Gasteiger partial charge on any atom is -0.411 e. The highest BCUT2D eigenvalue weighted by molar-refractivity contribution is 9.10. The number of carbonyl (C=O) groups is 1. The van der Waals surface area contributed by atoms with Gasteiger partial charge in [-0.25, -0.2) is 0 Å². The molecule has 1 N–H and O–H groups in total. The molecule has 4 heteroatoms. The lowest BCUT2D eigenvalue weighted by molar-refractivity contribution is 0.106. The topological polar surface area (TPSA) is 49.7 Å². The van der Waals surface area contributed by atoms with Crippen LogP contribution >= 0.6 is 15.9 Å². The summed E-state index contributed by atoms with van der Waals surface area (Å²) in [5.41, 5.74) is 1.76. The third-order valence-electron chi connectivity index (χ3n) is 2.05. The molecule has 66 valence electrons. The summed E-state index contributed by atoms with van der Waals surface area (Å²) in [5, 5.41) is 11.5. The smallest absolute Gasteiger partial charge is 0.211 e. The highest BCUT2D eigenvalue weighted by atomic mass is 79.9. The number of hydrogen-bond donors (Lipinski definition) is 1. The number of Topliss-reactive ketones (excluding diaryl/α,β-unsaturated/α-hetero) is 1. The van der Waals surface area contributed by atoms with Gasteiger partial charge in [0.05, 0.1) is 0 Å². The lowest BCUT2D eigenvalue weighted by Gasteiger charge is -1.95. The number of benzene rings is 1. The Bertz CT molecular complexity index is 412. The van der Waals surface area contributed by atoms with Gasteiger partial charge in [-0.15, -0.1) is 0 Å². The van der Waals surface area contributed by atoms with Gasteiger partial charge in [0.15, 0.2) is 0 Å². The Kier molecular flexibility index (Phi) is 1.92. The quantitative estimate of drug-likeness (QED) is 0.557. The molecule has 0 atom stereocenters. The highest BCUT2D eigenvalue weighted by Crippen LogP contribution is 2.23. The van der Waals surface area contributed by atoms with E-state index in [1.807, 2.05) is 6.07 Å². The fourth-order valence-corrected chi connectivity index (χ4v) is 1.84. The van der Waals surface area contributed by atoms with Gasteiger partial charge in [0.1, 0.15) is 5.71 Å². The van der Waals surface area contributed by atoms with Crippen molar-refractivity contribution in [2.24, 2.45) is 5.16 Å². The number of ketones is 1. The molecule has 0 amide bonds. The number of oxime groups is 1. The van der Waals surface area contributed by atoms with Crippen molar-refractivity contribution in [1.82, 2.24) is 0 Å². The van der Waals surface area contributed by atoms with Crippen molar-refractivity contribution >= 4 is 27.4 Å². The maximum absolute atomic E-state index is 11.4. The maximum atomic E-state index is 11.4. The van der Waals surface area contributed by atoms with E-state index in [2.05, 4.69) is 21.1 Å². The third-order valence-corrected chi connectivity index (χ3v) is 2.55. The second-order valence-corrected chi connectivity index (χ2v) is 3.77. The predicted molar refractivity (Wildman–Crippen MR) is 51.4 cm³/mol. The molecule has 0 spiro atoms. The number of fused-ring (bicyclic) bond motifs is 1. The molecule has 1 aromatic rings. The zero-order valence-corrected chi connectivity index (χ0v) is 8.21. The van der Waals surface area contributed by atoms with Gasteiger partial charge in [0.2, 0.25) is 5.78 Å². The van der Waals surface area contributed by atoms with Gasteiger partial charge in [-0.1, -0.05) is 21.1 Å². The molecule has 13 heavy (non-hydrogen) atoms. The van der Waals surface area contributed by atoms with Crippen LogP contribution in [-0.2, 0) is 6.42 Å². The predicted octanol–water partition coefficient (Wildman–Crippen LogP) is 2.02. The van der Waals surface area contributed by atoms with Crippen LogP contribution in [0.15, 0.2) is 27.8 Å². The first-order valence-corrected chi connectivity index (χ1v) is 4.55. The van der Waals surface area contributed by atoms with Gasteiger partial charge >= 0.3 is 0 Å². The number of rotatable bonds is 0. The van der Waals surface area contributed by atoms with E-state index in [1.165, 1.54) is 0 Å². The SMILES string of the molecule is O=C1/C(=N\O)Cc2cc(Br)ccc21. The van der Waals surface area contributed by atoms with E-state index < -0.39 is 0 Å². The van der Waals surface area contributed by atoms with Crippen molar-refractivity contribution in [3.8, 4) is 0 Å². The Morgan fingerprint density at radius 3 is 2.92 bits per heavy atom. The number of hydrogen-bond acceptors (Lipinski definition) is 3. The first kappa shape index (κ1) is 8.44. The van der Waals surface area contributed by atoms with Crippen LogP contribution in [0.25, 0.3) is 0 Å². The van der Waals surface area contributed by atoms with Gasteiger partial charge in [-0.2, -0.15) is 0 Å². The van der Waals surface area contributed by atoms with Gasteiger partial charge < -0.3 is 5.21 Å². The average Bonchev–Trinajstić information content (AvgIpc) is 2.42. The molecule has 3 nitrogen and oxygen atoms in total. The van der Waals surface area contributed by atoms with Crippen LogP contribution in [0.2, 0.25) is 0 Å². The van der Waals surface area contributed by atoms with Crippen molar-refractivity contribution in [1.29, 1.82) is 0 Å². The molecule has 0 saturated carbocycles. The summed E-state index contributed by atoms with van der Waals surface area (Å²) in [7, 11) is 0.